The zero-order chi connectivity index (χ0) is 12.4. The number of nitrogens with zero attached hydrogens (tertiary/aromatic N) is 1. The molecule has 5 nitrogen and oxygen atoms in total. The van der Waals surface area contributed by atoms with Gasteiger partial charge in [-0.25, -0.2) is 0 Å². The van der Waals surface area contributed by atoms with Crippen LogP contribution in [0.1, 0.15) is 13.3 Å². The number of hydrogen-bond acceptors (Lipinski definition) is 4. The van der Waals surface area contributed by atoms with Gasteiger partial charge in [-0.3, -0.25) is 14.5 Å². The number of Topliss-reactive ketones (excluding diaryl/α,β-unsaturated/α-hetero) is 1. The zero-order valence-electron chi connectivity index (χ0n) is 9.88. The van der Waals surface area contributed by atoms with Crippen LogP contribution in [0.15, 0.2) is 23.9 Å². The van der Waals surface area contributed by atoms with Gasteiger partial charge in [0.2, 0.25) is 5.91 Å². The van der Waals surface area contributed by atoms with Gasteiger partial charge >= 0.3 is 0 Å². The standard InChI is InChI=1S/C12H15NO4/c1-8-6-13(11(15)5-10(8)14)12-4-3-9(17-12)7-16-2/h3-4,6,9,12H,5,7H2,1-2H3. The minimum atomic E-state index is -0.425. The van der Waals surface area contributed by atoms with E-state index in [1.165, 1.54) is 4.90 Å². The Morgan fingerprint density at radius 1 is 1.47 bits per heavy atom. The Bertz CT molecular complexity index is 399. The normalized spacial score (nSPS) is 28.8. The molecule has 0 N–H and O–H groups in total. The number of ketones is 1. The highest BCUT2D eigenvalue weighted by Crippen LogP contribution is 2.21. The maximum absolute atomic E-state index is 11.7. The summed E-state index contributed by atoms with van der Waals surface area (Å²) >= 11 is 0. The van der Waals surface area contributed by atoms with E-state index in [9.17, 15) is 9.59 Å². The van der Waals surface area contributed by atoms with E-state index in [2.05, 4.69) is 0 Å². The number of allylic oxidation sites excluding steroid dienone is 1. The Kier molecular flexibility index (Phi) is 3.40. The monoisotopic (exact) mass is 237 g/mol. The molecule has 1 amide bonds. The van der Waals surface area contributed by atoms with E-state index >= 15 is 0 Å². The van der Waals surface area contributed by atoms with Gasteiger partial charge in [0.1, 0.15) is 6.10 Å². The fourth-order valence-electron chi connectivity index (χ4n) is 1.84. The largest absolute Gasteiger partial charge is 0.382 e. The van der Waals surface area contributed by atoms with Crippen molar-refractivity contribution in [3.8, 4) is 0 Å². The summed E-state index contributed by atoms with van der Waals surface area (Å²) < 4.78 is 10.6. The Morgan fingerprint density at radius 2 is 2.24 bits per heavy atom. The molecule has 2 aliphatic rings. The first-order valence-corrected chi connectivity index (χ1v) is 5.47. The molecule has 0 aromatic carbocycles. The molecule has 92 valence electrons. The van der Waals surface area contributed by atoms with Crippen LogP contribution in [0.25, 0.3) is 0 Å². The van der Waals surface area contributed by atoms with Crippen molar-refractivity contribution in [1.82, 2.24) is 4.90 Å². The van der Waals surface area contributed by atoms with Crippen molar-refractivity contribution in [3.05, 3.63) is 23.9 Å². The van der Waals surface area contributed by atoms with Crippen LogP contribution < -0.4 is 0 Å². The van der Waals surface area contributed by atoms with Gasteiger partial charge in [0, 0.05) is 18.9 Å². The van der Waals surface area contributed by atoms with Gasteiger partial charge in [0.15, 0.2) is 12.0 Å². The van der Waals surface area contributed by atoms with Gasteiger partial charge in [-0.05, 0) is 13.0 Å². The molecule has 0 fully saturated rings. The molecule has 0 saturated carbocycles. The van der Waals surface area contributed by atoms with Gasteiger partial charge < -0.3 is 9.47 Å². The molecule has 2 unspecified atom stereocenters. The number of ether oxygens (including phenoxy) is 2. The summed E-state index contributed by atoms with van der Waals surface area (Å²) in [6, 6.07) is 0. The first-order valence-electron chi connectivity index (χ1n) is 5.47. The summed E-state index contributed by atoms with van der Waals surface area (Å²) in [6.07, 6.45) is 4.58. The van der Waals surface area contributed by atoms with Crippen molar-refractivity contribution in [2.45, 2.75) is 25.7 Å². The van der Waals surface area contributed by atoms with Crippen LogP contribution in [-0.2, 0) is 19.1 Å². The molecule has 0 aliphatic carbocycles. The Hall–Kier alpha value is -1.46. The van der Waals surface area contributed by atoms with Crippen molar-refractivity contribution in [1.29, 1.82) is 0 Å². The first kappa shape index (κ1) is 12.0. The van der Waals surface area contributed by atoms with Crippen molar-refractivity contribution in [3.63, 3.8) is 0 Å². The molecular formula is C12H15NO4. The van der Waals surface area contributed by atoms with Crippen LogP contribution in [0.4, 0.5) is 0 Å². The molecule has 2 atom stereocenters. The van der Waals surface area contributed by atoms with Crippen molar-refractivity contribution in [2.24, 2.45) is 0 Å². The number of methoxy groups -OCH3 is 1. The molecular weight excluding hydrogens is 222 g/mol. The quantitative estimate of drug-likeness (QED) is 0.533. The van der Waals surface area contributed by atoms with E-state index in [4.69, 9.17) is 9.47 Å². The summed E-state index contributed by atoms with van der Waals surface area (Å²) in [4.78, 5) is 24.5. The van der Waals surface area contributed by atoms with E-state index in [1.54, 1.807) is 26.3 Å². The van der Waals surface area contributed by atoms with Crippen molar-refractivity contribution >= 4 is 11.7 Å². The van der Waals surface area contributed by atoms with E-state index in [1.807, 2.05) is 6.08 Å². The molecule has 0 radical (unpaired) electrons. The maximum Gasteiger partial charge on any atom is 0.236 e. The molecule has 17 heavy (non-hydrogen) atoms. The highest BCUT2D eigenvalue weighted by atomic mass is 16.5. The molecule has 0 spiro atoms. The van der Waals surface area contributed by atoms with E-state index in [-0.39, 0.29) is 24.2 Å². The lowest BCUT2D eigenvalue weighted by Gasteiger charge is -2.28. The Balaban J connectivity index is 2.07. The lowest BCUT2D eigenvalue weighted by molar-refractivity contribution is -0.142. The van der Waals surface area contributed by atoms with Gasteiger partial charge in [0.25, 0.3) is 0 Å². The lowest BCUT2D eigenvalue weighted by atomic mass is 10.1. The smallest absolute Gasteiger partial charge is 0.236 e. The first-order chi connectivity index (χ1) is 8.11. The third kappa shape index (κ3) is 2.45. The summed E-state index contributed by atoms with van der Waals surface area (Å²) in [5.74, 6) is -0.352. The maximum atomic E-state index is 11.7. The van der Waals surface area contributed by atoms with E-state index in [0.29, 0.717) is 12.2 Å². The molecule has 5 heteroatoms. The van der Waals surface area contributed by atoms with E-state index < -0.39 is 6.23 Å². The average molecular weight is 237 g/mol. The fourth-order valence-corrected chi connectivity index (χ4v) is 1.84. The third-order valence-electron chi connectivity index (χ3n) is 2.78. The number of carbonyl (C=O) groups is 2. The molecule has 2 rings (SSSR count). The summed E-state index contributed by atoms with van der Waals surface area (Å²) in [6.45, 7) is 2.16. The van der Waals surface area contributed by atoms with Gasteiger partial charge in [-0.2, -0.15) is 0 Å². The zero-order valence-corrected chi connectivity index (χ0v) is 9.88. The van der Waals surface area contributed by atoms with Crippen LogP contribution in [0.5, 0.6) is 0 Å². The second-order valence-electron chi connectivity index (χ2n) is 4.12. The molecule has 0 saturated heterocycles. The number of hydrogen-bond donors (Lipinski definition) is 0. The average Bonchev–Trinajstić information content (AvgIpc) is 2.72. The highest BCUT2D eigenvalue weighted by Gasteiger charge is 2.31. The number of carbonyl (C=O) groups excluding carboxylic acids is 2. The Morgan fingerprint density at radius 3 is 2.94 bits per heavy atom. The number of amides is 1. The van der Waals surface area contributed by atoms with Crippen molar-refractivity contribution in [2.75, 3.05) is 13.7 Å². The second-order valence-corrected chi connectivity index (χ2v) is 4.12. The molecule has 2 aliphatic heterocycles. The minimum absolute atomic E-state index is 0.0784. The predicted octanol–water partition coefficient (Wildman–Crippen LogP) is 0.619. The molecule has 0 aromatic heterocycles. The SMILES string of the molecule is COCC1C=CC(N2C=C(C)C(=O)CC2=O)O1. The number of rotatable bonds is 3. The Labute approximate surface area is 99.7 Å². The highest BCUT2D eigenvalue weighted by molar-refractivity contribution is 6.09. The summed E-state index contributed by atoms with van der Waals surface area (Å²) in [5.41, 5.74) is 0.580. The second kappa shape index (κ2) is 4.81. The fraction of sp³-hybridized carbons (Fsp3) is 0.500. The molecule has 2 heterocycles. The lowest BCUT2D eigenvalue weighted by Crippen LogP contribution is -2.40. The minimum Gasteiger partial charge on any atom is -0.382 e. The van der Waals surface area contributed by atoms with Gasteiger partial charge in [-0.15, -0.1) is 0 Å². The topological polar surface area (TPSA) is 55.8 Å². The predicted molar refractivity (Wildman–Crippen MR) is 59.9 cm³/mol. The van der Waals surface area contributed by atoms with Crippen LogP contribution in [0.3, 0.4) is 0 Å². The van der Waals surface area contributed by atoms with Crippen LogP contribution in [0, 0.1) is 0 Å². The molecule has 0 bridgehead atoms. The third-order valence-corrected chi connectivity index (χ3v) is 2.78. The van der Waals surface area contributed by atoms with Gasteiger partial charge in [-0.1, -0.05) is 6.08 Å². The molecule has 0 aromatic rings. The van der Waals surface area contributed by atoms with Crippen LogP contribution in [-0.4, -0.2) is 42.6 Å². The van der Waals surface area contributed by atoms with Gasteiger partial charge in [0.05, 0.1) is 13.0 Å². The van der Waals surface area contributed by atoms with Crippen LogP contribution >= 0.6 is 0 Å². The van der Waals surface area contributed by atoms with Crippen molar-refractivity contribution < 1.29 is 19.1 Å². The van der Waals surface area contributed by atoms with Crippen LogP contribution in [0.2, 0.25) is 0 Å². The van der Waals surface area contributed by atoms with E-state index in [0.717, 1.165) is 0 Å². The summed E-state index contributed by atoms with van der Waals surface area (Å²) in [5, 5.41) is 0. The summed E-state index contributed by atoms with van der Waals surface area (Å²) in [7, 11) is 1.60.